The summed E-state index contributed by atoms with van der Waals surface area (Å²) in [5.74, 6) is -4.54. The smallest absolute Gasteiger partial charge is 0.286 e. The molecule has 0 spiro atoms. The zero-order chi connectivity index (χ0) is 28.6. The quantitative estimate of drug-likeness (QED) is 0.422. The first kappa shape index (κ1) is 27.3. The van der Waals surface area contributed by atoms with Crippen LogP contribution in [0.2, 0.25) is 5.02 Å². The number of amides is 2. The Hall–Kier alpha value is -4.31. The molecule has 8 nitrogen and oxygen atoms in total. The second-order valence-corrected chi connectivity index (χ2v) is 9.80. The van der Waals surface area contributed by atoms with Crippen LogP contribution in [0, 0.1) is 11.6 Å². The number of pyridine rings is 1. The van der Waals surface area contributed by atoms with E-state index in [4.69, 9.17) is 21.1 Å². The van der Waals surface area contributed by atoms with E-state index in [1.165, 1.54) is 43.6 Å². The number of dihydropyridines is 1. The fraction of sp³-hybridized carbons (Fsp3) is 0.241. The Labute approximate surface area is 233 Å². The lowest BCUT2D eigenvalue weighted by Gasteiger charge is -2.28. The van der Waals surface area contributed by atoms with Crippen LogP contribution in [0.5, 0.6) is 11.5 Å². The van der Waals surface area contributed by atoms with Crippen LogP contribution in [-0.4, -0.2) is 59.8 Å². The fourth-order valence-electron chi connectivity index (χ4n) is 5.22. The summed E-state index contributed by atoms with van der Waals surface area (Å²) in [6.45, 7) is 0.269. The molecule has 3 aromatic rings. The number of allylic oxidation sites excluding steroid dienone is 1. The molecule has 2 unspecified atom stereocenters. The molecule has 2 aliphatic rings. The van der Waals surface area contributed by atoms with Crippen molar-refractivity contribution < 1.29 is 33.0 Å². The van der Waals surface area contributed by atoms with Crippen molar-refractivity contribution in [2.24, 2.45) is 4.99 Å². The molecule has 1 saturated heterocycles. The molecule has 2 amide bonds. The van der Waals surface area contributed by atoms with E-state index in [0.29, 0.717) is 29.0 Å². The van der Waals surface area contributed by atoms with Crippen molar-refractivity contribution in [1.29, 1.82) is 0 Å². The van der Waals surface area contributed by atoms with Crippen LogP contribution >= 0.6 is 11.6 Å². The van der Waals surface area contributed by atoms with Crippen LogP contribution in [-0.2, 0) is 9.59 Å². The van der Waals surface area contributed by atoms with E-state index in [1.807, 2.05) is 0 Å². The highest BCUT2D eigenvalue weighted by Gasteiger charge is 2.42. The molecule has 2 aliphatic heterocycles. The van der Waals surface area contributed by atoms with Crippen molar-refractivity contribution in [1.82, 2.24) is 9.88 Å². The number of aliphatic hydroxyl groups is 1. The standard InChI is InChI=1S/C29H24ClF2N3O5/c1-39-21-4-3-5-22(40-2)23(21)24-26(16-10-17(30)13-33-12-16)34-28(37)25(27(24)36)29(38)35-9-8-15(14-35)19-7-6-18(31)11-20(19)32/h3-7,10-13,15,24,36H,8-9,14H2,1-2H3. The maximum atomic E-state index is 14.4. The number of benzene rings is 2. The number of methoxy groups -OCH3 is 2. The van der Waals surface area contributed by atoms with Crippen LogP contribution in [0.4, 0.5) is 8.78 Å². The normalized spacial score (nSPS) is 19.1. The fourth-order valence-corrected chi connectivity index (χ4v) is 5.40. The predicted molar refractivity (Wildman–Crippen MR) is 143 cm³/mol. The second-order valence-electron chi connectivity index (χ2n) is 9.37. The van der Waals surface area contributed by atoms with Gasteiger partial charge >= 0.3 is 0 Å². The lowest BCUT2D eigenvalue weighted by Crippen LogP contribution is -2.37. The van der Waals surface area contributed by atoms with Gasteiger partial charge in [-0.15, -0.1) is 0 Å². The molecule has 5 rings (SSSR count). The van der Waals surface area contributed by atoms with Crippen molar-refractivity contribution >= 4 is 29.1 Å². The minimum atomic E-state index is -1.14. The third kappa shape index (κ3) is 4.90. The molecule has 2 aromatic carbocycles. The molecule has 0 radical (unpaired) electrons. The van der Waals surface area contributed by atoms with Gasteiger partial charge in [0.1, 0.15) is 34.5 Å². The van der Waals surface area contributed by atoms with E-state index in [-0.39, 0.29) is 29.4 Å². The van der Waals surface area contributed by atoms with Crippen molar-refractivity contribution in [3.8, 4) is 11.5 Å². The molecule has 0 bridgehead atoms. The first-order valence-corrected chi connectivity index (χ1v) is 12.7. The van der Waals surface area contributed by atoms with Crippen molar-refractivity contribution in [2.75, 3.05) is 27.3 Å². The maximum Gasteiger partial charge on any atom is 0.286 e. The van der Waals surface area contributed by atoms with Crippen LogP contribution in [0.3, 0.4) is 0 Å². The number of likely N-dealkylation sites (tertiary alicyclic amines) is 1. The van der Waals surface area contributed by atoms with Crippen LogP contribution in [0.1, 0.15) is 34.9 Å². The van der Waals surface area contributed by atoms with Gasteiger partial charge in [0.25, 0.3) is 11.8 Å². The Bertz CT molecular complexity index is 1550. The molecular formula is C29H24ClF2N3O5. The average Bonchev–Trinajstić information content (AvgIpc) is 3.42. The summed E-state index contributed by atoms with van der Waals surface area (Å²) in [5, 5.41) is 11.9. The Morgan fingerprint density at radius 1 is 1.10 bits per heavy atom. The number of hydrogen-bond donors (Lipinski definition) is 1. The minimum absolute atomic E-state index is 0.0723. The SMILES string of the molecule is COc1cccc(OC)c1C1C(c2cncc(Cl)c2)=NC(=O)C(C(=O)N2CCC(c3ccc(F)cc3F)C2)=C1O. The summed E-state index contributed by atoms with van der Waals surface area (Å²) in [6, 6.07) is 9.85. The molecule has 0 aliphatic carbocycles. The summed E-state index contributed by atoms with van der Waals surface area (Å²) in [6.07, 6.45) is 3.24. The topological polar surface area (TPSA) is 101 Å². The number of nitrogens with zero attached hydrogens (tertiary/aromatic N) is 3. The van der Waals surface area contributed by atoms with Crippen LogP contribution in [0.25, 0.3) is 0 Å². The van der Waals surface area contributed by atoms with Gasteiger partial charge in [0, 0.05) is 43.0 Å². The summed E-state index contributed by atoms with van der Waals surface area (Å²) >= 11 is 6.16. The molecular weight excluding hydrogens is 544 g/mol. The van der Waals surface area contributed by atoms with Crippen molar-refractivity contribution in [3.05, 3.63) is 99.5 Å². The van der Waals surface area contributed by atoms with Gasteiger partial charge < -0.3 is 19.5 Å². The van der Waals surface area contributed by atoms with Gasteiger partial charge in [-0.1, -0.05) is 23.7 Å². The predicted octanol–water partition coefficient (Wildman–Crippen LogP) is 4.97. The summed E-state index contributed by atoms with van der Waals surface area (Å²) in [4.78, 5) is 36.7. The van der Waals surface area contributed by atoms with E-state index < -0.39 is 46.6 Å². The molecule has 1 aromatic heterocycles. The monoisotopic (exact) mass is 567 g/mol. The number of hydrogen-bond acceptors (Lipinski definition) is 6. The Morgan fingerprint density at radius 2 is 1.82 bits per heavy atom. The molecule has 2 atom stereocenters. The van der Waals surface area contributed by atoms with Gasteiger partial charge in [-0.25, -0.2) is 13.8 Å². The first-order chi connectivity index (χ1) is 19.2. The number of aromatic nitrogens is 1. The van der Waals surface area contributed by atoms with Crippen LogP contribution < -0.4 is 9.47 Å². The highest BCUT2D eigenvalue weighted by molar-refractivity contribution is 6.31. The molecule has 11 heteroatoms. The second kappa shape index (κ2) is 11.1. The van der Waals surface area contributed by atoms with Gasteiger partial charge in [-0.2, -0.15) is 0 Å². The number of carbonyl (C=O) groups excluding carboxylic acids is 2. The third-order valence-corrected chi connectivity index (χ3v) is 7.29. The Balaban J connectivity index is 1.58. The van der Waals surface area contributed by atoms with E-state index >= 15 is 0 Å². The zero-order valence-corrected chi connectivity index (χ0v) is 22.3. The molecule has 206 valence electrons. The number of aliphatic hydroxyl groups excluding tert-OH is 1. The lowest BCUT2D eigenvalue weighted by atomic mass is 9.83. The summed E-state index contributed by atoms with van der Waals surface area (Å²) in [7, 11) is 2.88. The van der Waals surface area contributed by atoms with Gasteiger partial charge in [0.2, 0.25) is 0 Å². The third-order valence-electron chi connectivity index (χ3n) is 7.09. The molecule has 1 fully saturated rings. The summed E-state index contributed by atoms with van der Waals surface area (Å²) in [5.41, 5.74) is 0.552. The van der Waals surface area contributed by atoms with Crippen molar-refractivity contribution in [3.63, 3.8) is 0 Å². The van der Waals surface area contributed by atoms with E-state index in [2.05, 4.69) is 9.98 Å². The minimum Gasteiger partial charge on any atom is -0.510 e. The number of rotatable bonds is 6. The number of ether oxygens (including phenoxy) is 2. The van der Waals surface area contributed by atoms with Gasteiger partial charge in [0.05, 0.1) is 36.4 Å². The number of carbonyl (C=O) groups is 2. The molecule has 3 heterocycles. The number of aliphatic imine (C=N–C) groups is 1. The Morgan fingerprint density at radius 3 is 2.48 bits per heavy atom. The molecule has 1 N–H and O–H groups in total. The largest absolute Gasteiger partial charge is 0.510 e. The first-order valence-electron chi connectivity index (χ1n) is 12.4. The van der Waals surface area contributed by atoms with Gasteiger partial charge in [-0.3, -0.25) is 14.6 Å². The highest BCUT2D eigenvalue weighted by atomic mass is 35.5. The Kier molecular flexibility index (Phi) is 7.53. The van der Waals surface area contributed by atoms with E-state index in [0.717, 1.165) is 12.1 Å². The van der Waals surface area contributed by atoms with Gasteiger partial charge in [0.15, 0.2) is 0 Å². The van der Waals surface area contributed by atoms with E-state index in [9.17, 15) is 23.5 Å². The number of halogens is 3. The lowest BCUT2D eigenvalue weighted by molar-refractivity contribution is -0.129. The van der Waals surface area contributed by atoms with Crippen molar-refractivity contribution in [2.45, 2.75) is 18.3 Å². The highest BCUT2D eigenvalue weighted by Crippen LogP contribution is 2.43. The van der Waals surface area contributed by atoms with Gasteiger partial charge in [-0.05, 0) is 36.2 Å². The van der Waals surface area contributed by atoms with Crippen LogP contribution in [0.15, 0.2) is 71.2 Å². The van der Waals surface area contributed by atoms with E-state index in [1.54, 1.807) is 18.2 Å². The summed E-state index contributed by atoms with van der Waals surface area (Å²) < 4.78 is 38.9. The zero-order valence-electron chi connectivity index (χ0n) is 21.5. The average molecular weight is 568 g/mol. The molecule has 40 heavy (non-hydrogen) atoms. The maximum absolute atomic E-state index is 14.4. The molecule has 0 saturated carbocycles.